The van der Waals surface area contributed by atoms with Gasteiger partial charge in [-0.15, -0.1) is 0 Å². The maximum absolute atomic E-state index is 12.6. The third-order valence-corrected chi connectivity index (χ3v) is 5.77. The highest BCUT2D eigenvalue weighted by Crippen LogP contribution is 2.28. The Morgan fingerprint density at radius 3 is 2.79 bits per heavy atom. The van der Waals surface area contributed by atoms with Crippen molar-refractivity contribution < 1.29 is 9.53 Å². The number of carbonyl (C=O) groups excluding carboxylic acids is 1. The second-order valence-electron chi connectivity index (χ2n) is 7.53. The normalized spacial score (nSPS) is 20.9. The molecule has 0 N–H and O–H groups in total. The van der Waals surface area contributed by atoms with Crippen LogP contribution in [0.4, 0.5) is 0 Å². The van der Waals surface area contributed by atoms with E-state index in [2.05, 4.69) is 17.0 Å². The lowest BCUT2D eigenvalue weighted by molar-refractivity contribution is -0.136. The molecule has 5 nitrogen and oxygen atoms in total. The molecule has 4 rings (SSSR count). The molecule has 2 aliphatic rings. The van der Waals surface area contributed by atoms with Crippen molar-refractivity contribution in [2.75, 3.05) is 45.9 Å². The lowest BCUT2D eigenvalue weighted by Crippen LogP contribution is -2.47. The third-order valence-electron chi connectivity index (χ3n) is 5.54. The van der Waals surface area contributed by atoms with Gasteiger partial charge in [0.25, 0.3) is 0 Å². The number of piperidine rings is 1. The van der Waals surface area contributed by atoms with Crippen molar-refractivity contribution in [3.8, 4) is 11.3 Å². The maximum Gasteiger partial charge on any atom is 0.236 e. The van der Waals surface area contributed by atoms with Crippen molar-refractivity contribution in [1.82, 2.24) is 14.8 Å². The Labute approximate surface area is 171 Å². The fraction of sp³-hybridized carbons (Fsp3) is 0.455. The zero-order valence-corrected chi connectivity index (χ0v) is 16.8. The minimum absolute atomic E-state index is 0.213. The van der Waals surface area contributed by atoms with Gasteiger partial charge in [0.15, 0.2) is 0 Å². The average Bonchev–Trinajstić information content (AvgIpc) is 2.75. The van der Waals surface area contributed by atoms with Crippen LogP contribution in [-0.4, -0.2) is 66.6 Å². The minimum atomic E-state index is 0.213. The number of halogens is 1. The first-order valence-corrected chi connectivity index (χ1v) is 10.4. The van der Waals surface area contributed by atoms with E-state index in [1.165, 1.54) is 0 Å². The molecule has 0 unspecified atom stereocenters. The van der Waals surface area contributed by atoms with Crippen LogP contribution in [0.3, 0.4) is 0 Å². The van der Waals surface area contributed by atoms with Gasteiger partial charge in [-0.05, 0) is 43.7 Å². The van der Waals surface area contributed by atoms with E-state index < -0.39 is 0 Å². The van der Waals surface area contributed by atoms with Gasteiger partial charge in [0.05, 0.1) is 25.5 Å². The van der Waals surface area contributed by atoms with Gasteiger partial charge >= 0.3 is 0 Å². The highest BCUT2D eigenvalue weighted by atomic mass is 35.5. The SMILES string of the molecule is O=C(CN1CCC[C@H](c2cccc(-c3cccc(Cl)c3)n2)C1)N1CCOCC1. The largest absolute Gasteiger partial charge is 0.378 e. The Hall–Kier alpha value is -1.95. The predicted octanol–water partition coefficient (Wildman–Crippen LogP) is 3.44. The Morgan fingerprint density at radius 1 is 1.14 bits per heavy atom. The van der Waals surface area contributed by atoms with E-state index in [4.69, 9.17) is 21.3 Å². The average molecular weight is 400 g/mol. The van der Waals surface area contributed by atoms with Crippen molar-refractivity contribution in [3.63, 3.8) is 0 Å². The fourth-order valence-electron chi connectivity index (χ4n) is 4.03. The van der Waals surface area contributed by atoms with E-state index in [9.17, 15) is 4.79 Å². The molecule has 0 aliphatic carbocycles. The molecule has 2 aromatic rings. The number of nitrogens with zero attached hydrogens (tertiary/aromatic N) is 3. The smallest absolute Gasteiger partial charge is 0.236 e. The fourth-order valence-corrected chi connectivity index (χ4v) is 4.22. The van der Waals surface area contributed by atoms with Gasteiger partial charge in [0.1, 0.15) is 0 Å². The molecule has 2 fully saturated rings. The summed E-state index contributed by atoms with van der Waals surface area (Å²) in [5, 5.41) is 0.718. The quantitative estimate of drug-likeness (QED) is 0.790. The summed E-state index contributed by atoms with van der Waals surface area (Å²) in [7, 11) is 0. The first-order chi connectivity index (χ1) is 13.7. The van der Waals surface area contributed by atoms with E-state index in [1.54, 1.807) is 0 Å². The number of pyridine rings is 1. The van der Waals surface area contributed by atoms with Crippen LogP contribution >= 0.6 is 11.6 Å². The summed E-state index contributed by atoms with van der Waals surface area (Å²) < 4.78 is 5.35. The summed E-state index contributed by atoms with van der Waals surface area (Å²) in [5.41, 5.74) is 3.08. The summed E-state index contributed by atoms with van der Waals surface area (Å²) in [5.74, 6) is 0.565. The zero-order chi connectivity index (χ0) is 19.3. The van der Waals surface area contributed by atoms with E-state index >= 15 is 0 Å². The number of rotatable bonds is 4. The van der Waals surface area contributed by atoms with Crippen LogP contribution < -0.4 is 0 Å². The van der Waals surface area contributed by atoms with E-state index in [1.807, 2.05) is 35.2 Å². The number of likely N-dealkylation sites (tertiary alicyclic amines) is 1. The number of carbonyl (C=O) groups is 1. The van der Waals surface area contributed by atoms with Crippen molar-refractivity contribution >= 4 is 17.5 Å². The molecule has 1 aromatic carbocycles. The highest BCUT2D eigenvalue weighted by Gasteiger charge is 2.26. The predicted molar refractivity (Wildman–Crippen MR) is 110 cm³/mol. The standard InChI is InChI=1S/C22H26ClN3O2/c23-19-6-1-4-17(14-19)20-7-2-8-21(24-20)18-5-3-9-25(15-18)16-22(27)26-10-12-28-13-11-26/h1-2,4,6-8,14,18H,3,5,9-13,15-16H2/t18-/m0/s1. The number of ether oxygens (including phenoxy) is 1. The summed E-state index contributed by atoms with van der Waals surface area (Å²) in [6.45, 7) is 5.05. The van der Waals surface area contributed by atoms with Crippen LogP contribution in [0.25, 0.3) is 11.3 Å². The van der Waals surface area contributed by atoms with Gasteiger partial charge in [0.2, 0.25) is 5.91 Å². The van der Waals surface area contributed by atoms with Crippen LogP contribution in [0, 0.1) is 0 Å². The van der Waals surface area contributed by atoms with Gasteiger partial charge in [-0.25, -0.2) is 0 Å². The molecule has 2 aliphatic heterocycles. The summed E-state index contributed by atoms with van der Waals surface area (Å²) in [6.07, 6.45) is 2.19. The highest BCUT2D eigenvalue weighted by molar-refractivity contribution is 6.30. The van der Waals surface area contributed by atoms with Gasteiger partial charge in [0, 0.05) is 41.8 Å². The van der Waals surface area contributed by atoms with Crippen molar-refractivity contribution in [2.24, 2.45) is 0 Å². The van der Waals surface area contributed by atoms with Crippen LogP contribution in [0.15, 0.2) is 42.5 Å². The number of hydrogen-bond acceptors (Lipinski definition) is 4. The lowest BCUT2D eigenvalue weighted by atomic mass is 9.93. The van der Waals surface area contributed by atoms with Crippen molar-refractivity contribution in [1.29, 1.82) is 0 Å². The van der Waals surface area contributed by atoms with Gasteiger partial charge in [-0.2, -0.15) is 0 Å². The molecule has 148 valence electrons. The molecule has 1 atom stereocenters. The lowest BCUT2D eigenvalue weighted by Gasteiger charge is -2.34. The van der Waals surface area contributed by atoms with Gasteiger partial charge in [-0.3, -0.25) is 14.7 Å². The van der Waals surface area contributed by atoms with Gasteiger partial charge < -0.3 is 9.64 Å². The second kappa shape index (κ2) is 9.03. The molecule has 1 amide bonds. The monoisotopic (exact) mass is 399 g/mol. The number of morpholine rings is 1. The number of hydrogen-bond donors (Lipinski definition) is 0. The number of amides is 1. The van der Waals surface area contributed by atoms with E-state index in [0.29, 0.717) is 38.8 Å². The summed E-state index contributed by atoms with van der Waals surface area (Å²) >= 11 is 6.14. The molecule has 6 heteroatoms. The number of benzene rings is 1. The van der Waals surface area contributed by atoms with E-state index in [-0.39, 0.29) is 5.91 Å². The molecular weight excluding hydrogens is 374 g/mol. The molecule has 2 saturated heterocycles. The third kappa shape index (κ3) is 4.72. The molecule has 0 bridgehead atoms. The Balaban J connectivity index is 1.43. The topological polar surface area (TPSA) is 45.7 Å². The summed E-state index contributed by atoms with van der Waals surface area (Å²) in [6, 6.07) is 14.0. The van der Waals surface area contributed by atoms with Crippen molar-refractivity contribution in [2.45, 2.75) is 18.8 Å². The van der Waals surface area contributed by atoms with Crippen LogP contribution in [0.2, 0.25) is 5.02 Å². The molecule has 0 radical (unpaired) electrons. The maximum atomic E-state index is 12.6. The van der Waals surface area contributed by atoms with Crippen molar-refractivity contribution in [3.05, 3.63) is 53.2 Å². The zero-order valence-electron chi connectivity index (χ0n) is 16.0. The Morgan fingerprint density at radius 2 is 1.96 bits per heavy atom. The first kappa shape index (κ1) is 19.4. The van der Waals surface area contributed by atoms with E-state index in [0.717, 1.165) is 47.9 Å². The van der Waals surface area contributed by atoms with Crippen LogP contribution in [0.5, 0.6) is 0 Å². The molecule has 28 heavy (non-hydrogen) atoms. The molecule has 3 heterocycles. The van der Waals surface area contributed by atoms with Gasteiger partial charge in [-0.1, -0.05) is 29.8 Å². The number of aromatic nitrogens is 1. The Kier molecular flexibility index (Phi) is 6.25. The molecule has 0 spiro atoms. The van der Waals surface area contributed by atoms with Crippen LogP contribution in [0.1, 0.15) is 24.5 Å². The summed E-state index contributed by atoms with van der Waals surface area (Å²) in [4.78, 5) is 21.7. The minimum Gasteiger partial charge on any atom is -0.378 e. The molecule has 0 saturated carbocycles. The Bertz CT molecular complexity index is 823. The second-order valence-corrected chi connectivity index (χ2v) is 7.96. The van der Waals surface area contributed by atoms with Crippen LogP contribution in [-0.2, 0) is 9.53 Å². The molecule has 1 aromatic heterocycles. The molecular formula is C22H26ClN3O2. The first-order valence-electron chi connectivity index (χ1n) is 10.00.